The van der Waals surface area contributed by atoms with E-state index in [1.54, 1.807) is 0 Å². The highest BCUT2D eigenvalue weighted by Crippen LogP contribution is 2.59. The van der Waals surface area contributed by atoms with Crippen LogP contribution in [-0.4, -0.2) is 4.57 Å². The fourth-order valence-corrected chi connectivity index (χ4v) is 13.2. The third-order valence-electron chi connectivity index (χ3n) is 16.7. The van der Waals surface area contributed by atoms with Crippen LogP contribution >= 0.6 is 0 Å². The highest BCUT2D eigenvalue weighted by Gasteiger charge is 2.47. The lowest BCUT2D eigenvalue weighted by Crippen LogP contribution is -2.28. The van der Waals surface area contributed by atoms with Gasteiger partial charge >= 0.3 is 0 Å². The normalized spacial score (nSPS) is 12.4. The smallest absolute Gasteiger partial charge is 0.0714 e. The molecular weight excluding hydrogens is 953 g/mol. The van der Waals surface area contributed by atoms with Crippen LogP contribution in [0.2, 0.25) is 0 Å². The highest BCUT2D eigenvalue weighted by molar-refractivity contribution is 6.11. The van der Waals surface area contributed by atoms with E-state index in [0.29, 0.717) is 0 Å². The van der Waals surface area contributed by atoms with E-state index in [9.17, 15) is 0 Å². The van der Waals surface area contributed by atoms with Gasteiger partial charge in [0.25, 0.3) is 0 Å². The van der Waals surface area contributed by atoms with Crippen molar-refractivity contribution in [2.24, 2.45) is 0 Å². The summed E-state index contributed by atoms with van der Waals surface area (Å²) in [5.74, 6) is 0. The molecule has 0 saturated carbocycles. The van der Waals surface area contributed by atoms with E-state index < -0.39 is 5.41 Å². The summed E-state index contributed by atoms with van der Waals surface area (Å²) in [5, 5.41) is 2.51. The van der Waals surface area contributed by atoms with E-state index in [2.05, 4.69) is 315 Å². The zero-order valence-electron chi connectivity index (χ0n) is 44.5. The third kappa shape index (κ3) is 7.85. The van der Waals surface area contributed by atoms with Gasteiger partial charge in [-0.1, -0.05) is 244 Å². The van der Waals surface area contributed by atoms with Gasteiger partial charge in [-0.3, -0.25) is 0 Å². The van der Waals surface area contributed by atoms with Crippen LogP contribution in [0.4, 0.5) is 17.1 Å². The lowest BCUT2D eigenvalue weighted by molar-refractivity contribution is 0.768. The van der Waals surface area contributed by atoms with Gasteiger partial charge < -0.3 is 9.47 Å². The van der Waals surface area contributed by atoms with Gasteiger partial charge in [0.15, 0.2) is 0 Å². The first-order valence-electron chi connectivity index (χ1n) is 27.9. The molecule has 79 heavy (non-hydrogen) atoms. The predicted octanol–water partition coefficient (Wildman–Crippen LogP) is 20.4. The molecule has 0 atom stereocenters. The van der Waals surface area contributed by atoms with Gasteiger partial charge in [-0.05, 0) is 157 Å². The number of hydrogen-bond acceptors (Lipinski definition) is 1. The average molecular weight is 1010 g/mol. The number of anilines is 3. The van der Waals surface area contributed by atoms with Gasteiger partial charge in [0.2, 0.25) is 0 Å². The van der Waals surface area contributed by atoms with Gasteiger partial charge in [0, 0.05) is 33.4 Å². The number of aryl methyl sites for hydroxylation is 1. The second kappa shape index (κ2) is 20.0. The van der Waals surface area contributed by atoms with E-state index in [-0.39, 0.29) is 0 Å². The number of aromatic nitrogens is 1. The Morgan fingerprint density at radius 2 is 0.873 bits per heavy atom. The first-order valence-corrected chi connectivity index (χ1v) is 27.9. The fraction of sp³-hybridized carbons (Fsp3) is 0.0649. The Bertz CT molecular complexity index is 4310. The van der Waals surface area contributed by atoms with Crippen molar-refractivity contribution in [3.05, 3.63) is 325 Å². The molecular formula is C77H58N2. The summed E-state index contributed by atoms with van der Waals surface area (Å²) in [6.07, 6.45) is 1.81. The maximum atomic E-state index is 2.48. The third-order valence-corrected chi connectivity index (χ3v) is 16.7. The molecule has 12 aromatic carbocycles. The highest BCUT2D eigenvalue weighted by atomic mass is 15.1. The zero-order valence-corrected chi connectivity index (χ0v) is 44.5. The summed E-state index contributed by atoms with van der Waals surface area (Å²) >= 11 is 0. The zero-order chi connectivity index (χ0) is 52.9. The van der Waals surface area contributed by atoms with Crippen LogP contribution in [0.15, 0.2) is 291 Å². The minimum atomic E-state index is -0.527. The number of fused-ring (bicyclic) bond motifs is 6. The summed E-state index contributed by atoms with van der Waals surface area (Å²) in [7, 11) is 0. The maximum Gasteiger partial charge on any atom is 0.0714 e. The van der Waals surface area contributed by atoms with Crippen LogP contribution in [0.1, 0.15) is 47.2 Å². The molecule has 0 N–H and O–H groups in total. The number of para-hydroxylation sites is 2. The molecule has 1 aliphatic rings. The van der Waals surface area contributed by atoms with Crippen molar-refractivity contribution in [3.63, 3.8) is 0 Å². The molecule has 14 rings (SSSR count). The van der Waals surface area contributed by atoms with E-state index in [0.717, 1.165) is 35.6 Å². The minimum absolute atomic E-state index is 0.527. The van der Waals surface area contributed by atoms with Crippen molar-refractivity contribution in [2.75, 3.05) is 4.90 Å². The van der Waals surface area contributed by atoms with E-state index in [1.807, 2.05) is 0 Å². The van der Waals surface area contributed by atoms with E-state index in [4.69, 9.17) is 0 Å². The molecule has 13 aromatic rings. The van der Waals surface area contributed by atoms with Crippen molar-refractivity contribution >= 4 is 38.9 Å². The van der Waals surface area contributed by atoms with Crippen molar-refractivity contribution in [3.8, 4) is 61.3 Å². The van der Waals surface area contributed by atoms with Crippen molar-refractivity contribution in [1.82, 2.24) is 4.57 Å². The molecule has 2 nitrogen and oxygen atoms in total. The molecule has 376 valence electrons. The largest absolute Gasteiger partial charge is 0.310 e. The molecule has 0 unspecified atom stereocenters. The first-order chi connectivity index (χ1) is 39.1. The van der Waals surface area contributed by atoms with Crippen molar-refractivity contribution in [1.29, 1.82) is 0 Å². The standard InChI is InChI=1S/C77H58N2/c1-3-53-24-17-18-33-65(53)75-63(4-2)64(49-50-66(75)57-44-51-73-69(52-57)67-34-20-22-38-72(67)79(73)60-31-15-8-16-32-60)56-42-47-62(48-43-56)78(61-45-40-55(41-46-61)54-25-9-5-10-26-54)74-39-23-37-71-76(74)68-35-19-21-36-70(68)77(71,58-27-11-6-12-28-58)59-29-13-7-14-30-59/h5-52H,3-4H2,1-2H3. The number of nitrogens with zero attached hydrogens (tertiary/aromatic N) is 2. The Labute approximate surface area is 463 Å². The van der Waals surface area contributed by atoms with Crippen LogP contribution in [0.3, 0.4) is 0 Å². The van der Waals surface area contributed by atoms with Crippen molar-refractivity contribution < 1.29 is 0 Å². The average Bonchev–Trinajstić information content (AvgIpc) is 4.27. The summed E-state index contributed by atoms with van der Waals surface area (Å²) in [6.45, 7) is 4.60. The lowest BCUT2D eigenvalue weighted by atomic mass is 9.68. The van der Waals surface area contributed by atoms with Crippen LogP contribution in [0, 0.1) is 0 Å². The van der Waals surface area contributed by atoms with E-state index >= 15 is 0 Å². The number of rotatable bonds is 12. The molecule has 0 saturated heterocycles. The Balaban J connectivity index is 0.943. The molecule has 0 fully saturated rings. The number of benzene rings is 12. The second-order valence-corrected chi connectivity index (χ2v) is 20.8. The molecule has 0 aliphatic heterocycles. The Hall–Kier alpha value is -9.76. The van der Waals surface area contributed by atoms with Gasteiger partial charge in [-0.15, -0.1) is 0 Å². The molecule has 0 spiro atoms. The summed E-state index contributed by atoms with van der Waals surface area (Å²) < 4.78 is 2.40. The summed E-state index contributed by atoms with van der Waals surface area (Å²) in [5.41, 5.74) is 26.6. The lowest BCUT2D eigenvalue weighted by Gasteiger charge is -2.34. The van der Waals surface area contributed by atoms with Crippen molar-refractivity contribution in [2.45, 2.75) is 32.1 Å². The Morgan fingerprint density at radius 3 is 1.56 bits per heavy atom. The molecule has 0 amide bonds. The molecule has 0 radical (unpaired) electrons. The van der Waals surface area contributed by atoms with Crippen LogP contribution in [0.5, 0.6) is 0 Å². The Kier molecular flexibility index (Phi) is 12.1. The monoisotopic (exact) mass is 1010 g/mol. The first kappa shape index (κ1) is 47.7. The van der Waals surface area contributed by atoms with Gasteiger partial charge in [-0.25, -0.2) is 0 Å². The summed E-state index contributed by atoms with van der Waals surface area (Å²) in [4.78, 5) is 2.48. The Morgan fingerprint density at radius 1 is 0.342 bits per heavy atom. The molecule has 1 aromatic heterocycles. The van der Waals surface area contributed by atoms with Gasteiger partial charge in [-0.2, -0.15) is 0 Å². The topological polar surface area (TPSA) is 8.17 Å². The van der Waals surface area contributed by atoms with Gasteiger partial charge in [0.1, 0.15) is 0 Å². The molecule has 0 bridgehead atoms. The van der Waals surface area contributed by atoms with E-state index in [1.165, 1.54) is 111 Å². The number of hydrogen-bond donors (Lipinski definition) is 0. The fourth-order valence-electron chi connectivity index (χ4n) is 13.2. The second-order valence-electron chi connectivity index (χ2n) is 20.8. The molecule has 1 aliphatic carbocycles. The molecule has 2 heteroatoms. The van der Waals surface area contributed by atoms with Crippen LogP contribution in [0.25, 0.3) is 83.1 Å². The van der Waals surface area contributed by atoms with Crippen LogP contribution in [-0.2, 0) is 18.3 Å². The molecule has 1 heterocycles. The van der Waals surface area contributed by atoms with Gasteiger partial charge in [0.05, 0.1) is 22.1 Å². The minimum Gasteiger partial charge on any atom is -0.310 e. The SMILES string of the molecule is CCc1ccccc1-c1c(-c2ccc3c(c2)c2ccccc2n3-c2ccccc2)ccc(-c2ccc(N(c3ccc(-c4ccccc4)cc3)c3cccc4c3-c3ccccc3C4(c3ccccc3)c3ccccc3)cc2)c1CC. The quantitative estimate of drug-likeness (QED) is 0.118. The van der Waals surface area contributed by atoms with Crippen LogP contribution < -0.4 is 4.90 Å². The summed E-state index contributed by atoms with van der Waals surface area (Å²) in [6, 6.07) is 108. The predicted molar refractivity (Wildman–Crippen MR) is 333 cm³/mol. The maximum absolute atomic E-state index is 2.48.